The maximum absolute atomic E-state index is 12.9. The first-order valence-electron chi connectivity index (χ1n) is 10.2. The fraction of sp³-hybridized carbons (Fsp3) is 0.417. The van der Waals surface area contributed by atoms with Crippen LogP contribution in [0.4, 0.5) is 0 Å². The fourth-order valence-electron chi connectivity index (χ4n) is 3.55. The smallest absolute Gasteiger partial charge is 0.223 e. The SMILES string of the molecule is COc1cccc(CN(CC2CC(c3ccccc3C)=NO2)C(=O)CC(C)C)c1. The minimum Gasteiger partial charge on any atom is -0.497 e. The van der Waals surface area contributed by atoms with Gasteiger partial charge in [-0.2, -0.15) is 0 Å². The number of hydrogen-bond acceptors (Lipinski definition) is 4. The monoisotopic (exact) mass is 394 g/mol. The minimum atomic E-state index is -0.133. The van der Waals surface area contributed by atoms with Gasteiger partial charge in [0.1, 0.15) is 5.75 Å². The number of rotatable bonds is 8. The number of oxime groups is 1. The molecule has 1 amide bonds. The van der Waals surface area contributed by atoms with Gasteiger partial charge in [-0.1, -0.05) is 55.4 Å². The van der Waals surface area contributed by atoms with E-state index in [2.05, 4.69) is 38.1 Å². The zero-order valence-corrected chi connectivity index (χ0v) is 17.7. The predicted molar refractivity (Wildman–Crippen MR) is 115 cm³/mol. The first-order valence-corrected chi connectivity index (χ1v) is 10.2. The van der Waals surface area contributed by atoms with Crippen LogP contribution in [0.5, 0.6) is 5.75 Å². The average molecular weight is 395 g/mol. The van der Waals surface area contributed by atoms with Gasteiger partial charge in [-0.3, -0.25) is 4.79 Å². The van der Waals surface area contributed by atoms with Crippen molar-refractivity contribution in [3.8, 4) is 5.75 Å². The molecule has 1 aliphatic heterocycles. The van der Waals surface area contributed by atoms with Crippen molar-refractivity contribution in [2.75, 3.05) is 13.7 Å². The van der Waals surface area contributed by atoms with E-state index >= 15 is 0 Å². The lowest BCUT2D eigenvalue weighted by atomic mass is 10.00. The van der Waals surface area contributed by atoms with E-state index in [1.54, 1.807) is 7.11 Å². The summed E-state index contributed by atoms with van der Waals surface area (Å²) in [6.07, 6.45) is 1.09. The van der Waals surface area contributed by atoms with E-state index in [-0.39, 0.29) is 12.0 Å². The molecule has 0 radical (unpaired) electrons. The standard InChI is InChI=1S/C24H30N2O3/c1-17(2)12-24(27)26(15-19-9-7-10-20(13-19)28-4)16-21-14-23(25-29-21)22-11-6-5-8-18(22)3/h5-11,13,17,21H,12,14-16H2,1-4H3. The lowest BCUT2D eigenvalue weighted by Gasteiger charge is -2.26. The number of ether oxygens (including phenoxy) is 1. The molecule has 0 fully saturated rings. The third kappa shape index (κ3) is 5.59. The summed E-state index contributed by atoms with van der Waals surface area (Å²) in [6.45, 7) is 7.25. The van der Waals surface area contributed by atoms with E-state index in [0.29, 0.717) is 31.8 Å². The molecule has 5 heteroatoms. The van der Waals surface area contributed by atoms with Crippen LogP contribution in [0, 0.1) is 12.8 Å². The lowest BCUT2D eigenvalue weighted by Crippen LogP contribution is -2.37. The molecular formula is C24H30N2O3. The van der Waals surface area contributed by atoms with Crippen molar-refractivity contribution in [3.05, 3.63) is 65.2 Å². The topological polar surface area (TPSA) is 51.1 Å². The second-order valence-electron chi connectivity index (χ2n) is 8.01. The zero-order valence-electron chi connectivity index (χ0n) is 17.7. The van der Waals surface area contributed by atoms with Crippen LogP contribution in [-0.4, -0.2) is 36.3 Å². The quantitative estimate of drug-likeness (QED) is 0.659. The van der Waals surface area contributed by atoms with Crippen molar-refractivity contribution in [1.29, 1.82) is 0 Å². The number of carbonyl (C=O) groups excluding carboxylic acids is 1. The molecule has 5 nitrogen and oxygen atoms in total. The molecule has 2 aromatic rings. The summed E-state index contributed by atoms with van der Waals surface area (Å²) >= 11 is 0. The Hall–Kier alpha value is -2.82. The van der Waals surface area contributed by atoms with Gasteiger partial charge in [-0.15, -0.1) is 0 Å². The molecule has 0 spiro atoms. The molecule has 2 aromatic carbocycles. The highest BCUT2D eigenvalue weighted by molar-refractivity contribution is 6.02. The molecule has 0 bridgehead atoms. The number of methoxy groups -OCH3 is 1. The maximum atomic E-state index is 12.9. The summed E-state index contributed by atoms with van der Waals surface area (Å²) in [7, 11) is 1.65. The zero-order chi connectivity index (χ0) is 20.8. The third-order valence-corrected chi connectivity index (χ3v) is 5.06. The van der Waals surface area contributed by atoms with Crippen molar-refractivity contribution in [1.82, 2.24) is 4.90 Å². The summed E-state index contributed by atoms with van der Waals surface area (Å²) in [5, 5.41) is 4.31. The number of benzene rings is 2. The van der Waals surface area contributed by atoms with Crippen LogP contribution in [-0.2, 0) is 16.2 Å². The maximum Gasteiger partial charge on any atom is 0.223 e. The molecule has 0 saturated heterocycles. The first kappa shape index (κ1) is 20.9. The Bertz CT molecular complexity index is 876. The van der Waals surface area contributed by atoms with Gasteiger partial charge in [0.15, 0.2) is 6.10 Å². The third-order valence-electron chi connectivity index (χ3n) is 5.06. The Balaban J connectivity index is 1.70. The molecule has 0 saturated carbocycles. The molecule has 1 aliphatic rings. The second-order valence-corrected chi connectivity index (χ2v) is 8.01. The van der Waals surface area contributed by atoms with E-state index in [4.69, 9.17) is 9.57 Å². The van der Waals surface area contributed by atoms with E-state index in [1.807, 2.05) is 41.3 Å². The van der Waals surface area contributed by atoms with E-state index in [9.17, 15) is 4.79 Å². The normalized spacial score (nSPS) is 15.8. The van der Waals surface area contributed by atoms with Gasteiger partial charge >= 0.3 is 0 Å². The van der Waals surface area contributed by atoms with Crippen molar-refractivity contribution in [3.63, 3.8) is 0 Å². The van der Waals surface area contributed by atoms with Gasteiger partial charge < -0.3 is 14.5 Å². The Kier molecular flexibility index (Phi) is 6.91. The number of nitrogens with zero attached hydrogens (tertiary/aromatic N) is 2. The highest BCUT2D eigenvalue weighted by Crippen LogP contribution is 2.22. The largest absolute Gasteiger partial charge is 0.497 e. The van der Waals surface area contributed by atoms with Gasteiger partial charge in [-0.25, -0.2) is 0 Å². The van der Waals surface area contributed by atoms with Gasteiger partial charge in [-0.05, 0) is 36.1 Å². The molecule has 0 aromatic heterocycles. The van der Waals surface area contributed by atoms with Crippen molar-refractivity contribution < 1.29 is 14.4 Å². The van der Waals surface area contributed by atoms with E-state index < -0.39 is 0 Å². The summed E-state index contributed by atoms with van der Waals surface area (Å²) in [5.41, 5.74) is 4.28. The first-order chi connectivity index (χ1) is 14.0. The Morgan fingerprint density at radius 2 is 2.03 bits per heavy atom. The van der Waals surface area contributed by atoms with Crippen molar-refractivity contribution >= 4 is 11.6 Å². The van der Waals surface area contributed by atoms with Gasteiger partial charge in [0, 0.05) is 24.9 Å². The summed E-state index contributed by atoms with van der Waals surface area (Å²) in [5.74, 6) is 1.23. The van der Waals surface area contributed by atoms with Gasteiger partial charge in [0.05, 0.1) is 19.4 Å². The second kappa shape index (κ2) is 9.59. The molecule has 154 valence electrons. The van der Waals surface area contributed by atoms with Crippen molar-refractivity contribution in [2.24, 2.45) is 11.1 Å². The van der Waals surface area contributed by atoms with Crippen LogP contribution in [0.1, 0.15) is 43.4 Å². The van der Waals surface area contributed by atoms with E-state index in [0.717, 1.165) is 22.6 Å². The molecular weight excluding hydrogens is 364 g/mol. The van der Waals surface area contributed by atoms with Crippen LogP contribution in [0.15, 0.2) is 53.7 Å². The Morgan fingerprint density at radius 3 is 2.76 bits per heavy atom. The van der Waals surface area contributed by atoms with E-state index in [1.165, 1.54) is 5.56 Å². The van der Waals surface area contributed by atoms with Crippen LogP contribution in [0.3, 0.4) is 0 Å². The molecule has 3 rings (SSSR count). The molecule has 0 aliphatic carbocycles. The molecule has 29 heavy (non-hydrogen) atoms. The average Bonchev–Trinajstić information content (AvgIpc) is 3.16. The van der Waals surface area contributed by atoms with Crippen LogP contribution >= 0.6 is 0 Å². The highest BCUT2D eigenvalue weighted by Gasteiger charge is 2.27. The van der Waals surface area contributed by atoms with Crippen LogP contribution in [0.2, 0.25) is 0 Å². The number of amides is 1. The molecule has 1 atom stereocenters. The predicted octanol–water partition coefficient (Wildman–Crippen LogP) is 4.57. The molecule has 1 unspecified atom stereocenters. The van der Waals surface area contributed by atoms with Crippen molar-refractivity contribution in [2.45, 2.75) is 46.3 Å². The summed E-state index contributed by atoms with van der Waals surface area (Å²) in [6, 6.07) is 16.0. The summed E-state index contributed by atoms with van der Waals surface area (Å²) in [4.78, 5) is 20.5. The van der Waals surface area contributed by atoms with Gasteiger partial charge in [0.25, 0.3) is 0 Å². The number of hydrogen-bond donors (Lipinski definition) is 0. The molecule has 1 heterocycles. The Morgan fingerprint density at radius 1 is 1.24 bits per heavy atom. The fourth-order valence-corrected chi connectivity index (χ4v) is 3.55. The number of carbonyl (C=O) groups is 1. The Labute approximate surface area is 173 Å². The van der Waals surface area contributed by atoms with Crippen LogP contribution < -0.4 is 4.74 Å². The highest BCUT2D eigenvalue weighted by atomic mass is 16.6. The molecule has 0 N–H and O–H groups in total. The summed E-state index contributed by atoms with van der Waals surface area (Å²) < 4.78 is 5.32. The lowest BCUT2D eigenvalue weighted by molar-refractivity contribution is -0.134. The van der Waals surface area contributed by atoms with Gasteiger partial charge in [0.2, 0.25) is 5.91 Å². The van der Waals surface area contributed by atoms with Crippen LogP contribution in [0.25, 0.3) is 0 Å². The minimum absolute atomic E-state index is 0.133. The number of aryl methyl sites for hydroxylation is 1.